The maximum Gasteiger partial charge on any atom is 0.405 e. The maximum atomic E-state index is 12.7. The van der Waals surface area contributed by atoms with Gasteiger partial charge in [-0.15, -0.1) is 0 Å². The van der Waals surface area contributed by atoms with Gasteiger partial charge >= 0.3 is 18.0 Å². The zero-order chi connectivity index (χ0) is 35.7. The van der Waals surface area contributed by atoms with Gasteiger partial charge in [0.25, 0.3) is 0 Å². The Labute approximate surface area is 284 Å². The number of amides is 1. The third kappa shape index (κ3) is 15.4. The van der Waals surface area contributed by atoms with Gasteiger partial charge in [0.05, 0.1) is 24.2 Å². The number of aliphatic carboxylic acids is 1. The number of hydrogen-bond donors (Lipinski definition) is 6. The monoisotopic (exact) mass is 725 g/mol. The summed E-state index contributed by atoms with van der Waals surface area (Å²) in [6, 6.07) is 0. The Hall–Kier alpha value is -3.36. The van der Waals surface area contributed by atoms with Crippen LogP contribution < -0.4 is 5.73 Å². The smallest absolute Gasteiger partial charge is 0.405 e. The molecule has 0 bridgehead atoms. The lowest BCUT2D eigenvalue weighted by Gasteiger charge is -2.30. The number of esters is 1. The summed E-state index contributed by atoms with van der Waals surface area (Å²) in [5, 5.41) is 50.8. The normalized spacial score (nSPS) is 23.5. The summed E-state index contributed by atoms with van der Waals surface area (Å²) in [6.07, 6.45) is 8.79. The molecule has 0 aliphatic heterocycles. The molecule has 1 saturated carbocycles. The molecule has 47 heavy (non-hydrogen) atoms. The Bertz CT molecular complexity index is 1240. The number of rotatable bonds is 18. The predicted molar refractivity (Wildman–Crippen MR) is 179 cm³/mol. The minimum atomic E-state index is -1.77. The molecule has 0 aromatic heterocycles. The van der Waals surface area contributed by atoms with Crippen LogP contribution in [0.1, 0.15) is 59.8 Å². The van der Waals surface area contributed by atoms with Gasteiger partial charge < -0.3 is 40.7 Å². The third-order valence-corrected chi connectivity index (χ3v) is 8.74. The maximum absolute atomic E-state index is 12.7. The first-order valence-electron chi connectivity index (χ1n) is 15.4. The molecule has 0 radical (unpaired) electrons. The number of primary amides is 1. The molecule has 1 unspecified atom stereocenters. The zero-order valence-electron chi connectivity index (χ0n) is 27.1. The second-order valence-corrected chi connectivity index (χ2v) is 12.4. The van der Waals surface area contributed by atoms with Crippen molar-refractivity contribution in [2.24, 2.45) is 23.5 Å². The quantitative estimate of drug-likeness (QED) is 0.0518. The fourth-order valence-electron chi connectivity index (χ4n) is 4.64. The van der Waals surface area contributed by atoms with E-state index in [4.69, 9.17) is 20.3 Å². The Kier molecular flexibility index (Phi) is 19.1. The van der Waals surface area contributed by atoms with Crippen LogP contribution in [0.15, 0.2) is 70.8 Å². The number of Topliss-reactive ketones (excluding diaryl/α,β-unsaturated/α-hetero) is 1. The first-order chi connectivity index (χ1) is 22.1. The Balaban J connectivity index is 2.66. The summed E-state index contributed by atoms with van der Waals surface area (Å²) >= 11 is 3.36. The average molecular weight is 727 g/mol. The fourth-order valence-corrected chi connectivity index (χ4v) is 5.06. The van der Waals surface area contributed by atoms with E-state index >= 15 is 0 Å². The van der Waals surface area contributed by atoms with Crippen LogP contribution in [0, 0.1) is 17.8 Å². The summed E-state index contributed by atoms with van der Waals surface area (Å²) in [4.78, 5) is 47.2. The molecule has 1 fully saturated rings. The van der Waals surface area contributed by atoms with Crippen molar-refractivity contribution in [1.29, 1.82) is 0 Å². The topological polar surface area (TPSA) is 214 Å². The largest absolute Gasteiger partial charge is 0.481 e. The van der Waals surface area contributed by atoms with Gasteiger partial charge in [-0.25, -0.2) is 9.59 Å². The molecule has 0 aromatic rings. The number of hydrogen-bond acceptors (Lipinski definition) is 10. The summed E-state index contributed by atoms with van der Waals surface area (Å²) < 4.78 is 10.7. The summed E-state index contributed by atoms with van der Waals surface area (Å²) in [6.45, 7) is 6.88. The van der Waals surface area contributed by atoms with Crippen LogP contribution in [0.4, 0.5) is 4.79 Å². The number of carbonyl (C=O) groups excluding carboxylic acids is 3. The third-order valence-electron chi connectivity index (χ3n) is 7.75. The fraction of sp³-hybridized carbons (Fsp3) is 0.529. The van der Waals surface area contributed by atoms with Crippen LogP contribution in [0.2, 0.25) is 0 Å². The minimum absolute atomic E-state index is 0.0688. The van der Waals surface area contributed by atoms with Crippen molar-refractivity contribution in [1.82, 2.24) is 0 Å². The van der Waals surface area contributed by atoms with Gasteiger partial charge in [0, 0.05) is 35.2 Å². The van der Waals surface area contributed by atoms with Crippen molar-refractivity contribution in [3.63, 3.8) is 0 Å². The molecular formula is C34H48BrNO11. The van der Waals surface area contributed by atoms with E-state index in [0.29, 0.717) is 17.3 Å². The highest BCUT2D eigenvalue weighted by molar-refractivity contribution is 9.11. The van der Waals surface area contributed by atoms with Crippen LogP contribution in [0.25, 0.3) is 0 Å². The first kappa shape index (κ1) is 41.7. The van der Waals surface area contributed by atoms with Crippen LogP contribution in [0.5, 0.6) is 0 Å². The summed E-state index contributed by atoms with van der Waals surface area (Å²) in [7, 11) is 0. The van der Waals surface area contributed by atoms with Gasteiger partial charge in [-0.2, -0.15) is 0 Å². The van der Waals surface area contributed by atoms with Gasteiger partial charge in [0.15, 0.2) is 5.78 Å². The number of carboxylic acid groups (broad SMARTS) is 1. The molecule has 12 nitrogen and oxygen atoms in total. The Morgan fingerprint density at radius 2 is 1.64 bits per heavy atom. The van der Waals surface area contributed by atoms with Crippen molar-refractivity contribution in [3.8, 4) is 0 Å². The van der Waals surface area contributed by atoms with Crippen LogP contribution in [-0.4, -0.2) is 86.0 Å². The highest BCUT2D eigenvalue weighted by atomic mass is 79.9. The number of nitrogens with two attached hydrogens (primary N) is 1. The van der Waals surface area contributed by atoms with E-state index in [2.05, 4.69) is 15.9 Å². The molecule has 1 rings (SSSR count). The van der Waals surface area contributed by atoms with Crippen LogP contribution in [0.3, 0.4) is 0 Å². The van der Waals surface area contributed by atoms with Gasteiger partial charge in [0.1, 0.15) is 18.3 Å². The number of ketones is 1. The lowest BCUT2D eigenvalue weighted by Crippen LogP contribution is -2.42. The molecule has 0 spiro atoms. The van der Waals surface area contributed by atoms with Gasteiger partial charge in [-0.1, -0.05) is 90.9 Å². The highest BCUT2D eigenvalue weighted by Gasteiger charge is 2.35. The molecule has 1 aliphatic rings. The van der Waals surface area contributed by atoms with Crippen molar-refractivity contribution in [2.75, 3.05) is 0 Å². The van der Waals surface area contributed by atoms with Crippen molar-refractivity contribution in [3.05, 3.63) is 70.8 Å². The number of allylic oxidation sites excluding steroid dienone is 9. The predicted octanol–water partition coefficient (Wildman–Crippen LogP) is 3.78. The molecule has 1 amide bonds. The highest BCUT2D eigenvalue weighted by Crippen LogP contribution is 2.27. The number of carboxylic acids is 1. The first-order valence-corrected chi connectivity index (χ1v) is 16.2. The van der Waals surface area contributed by atoms with Gasteiger partial charge in [-0.3, -0.25) is 9.59 Å². The van der Waals surface area contributed by atoms with E-state index in [1.807, 2.05) is 13.8 Å². The van der Waals surface area contributed by atoms with E-state index in [-0.39, 0.29) is 12.8 Å². The van der Waals surface area contributed by atoms with Crippen LogP contribution in [-0.2, 0) is 23.9 Å². The standard InChI is InChI=1S/C34H48BrNO11/c1-5-6-14-28(47-34(36)45)22(4)26(38)19-27(39)32(42)31(41)21(3)24(35)13-9-7-11-20(2)12-8-10-15-30(40)46-29-18-23(33(43)44)16-17-25(29)37/h6-15,21-23,25-26,28-29,31-32,37-38,41-42H,5,16-19H2,1-4H3,(H2,36,45)(H,43,44)/b9-7+,12-8+,14-6+,15-10+,20-11+,24-13-/t21-,22+,23+,25+,26-,28?,29-,31-,32-/m1/s1. The Morgan fingerprint density at radius 3 is 2.26 bits per heavy atom. The molecule has 0 heterocycles. The molecule has 9 atom stereocenters. The molecular weight excluding hydrogens is 678 g/mol. The molecule has 1 aliphatic carbocycles. The molecule has 262 valence electrons. The van der Waals surface area contributed by atoms with E-state index < -0.39 is 84.6 Å². The number of halogens is 1. The van der Waals surface area contributed by atoms with Gasteiger partial charge in [0.2, 0.25) is 0 Å². The lowest BCUT2D eigenvalue weighted by molar-refractivity contribution is -0.159. The molecule has 13 heteroatoms. The molecule has 0 saturated heterocycles. The number of carbonyl (C=O) groups is 4. The van der Waals surface area contributed by atoms with E-state index in [1.54, 1.807) is 62.5 Å². The second kappa shape index (κ2) is 21.5. The number of aliphatic hydroxyl groups is 4. The van der Waals surface area contributed by atoms with E-state index in [0.717, 1.165) is 5.57 Å². The van der Waals surface area contributed by atoms with E-state index in [1.165, 1.54) is 12.2 Å². The summed E-state index contributed by atoms with van der Waals surface area (Å²) in [5.41, 5.74) is 5.94. The molecule has 7 N–H and O–H groups in total. The minimum Gasteiger partial charge on any atom is -0.481 e. The average Bonchev–Trinajstić information content (AvgIpc) is 3.02. The second-order valence-electron chi connectivity index (χ2n) is 11.5. The van der Waals surface area contributed by atoms with E-state index in [9.17, 15) is 39.6 Å². The summed E-state index contributed by atoms with van der Waals surface area (Å²) in [5.74, 6) is -4.46. The van der Waals surface area contributed by atoms with Crippen molar-refractivity contribution < 1.29 is 54.2 Å². The SMILES string of the molecule is CC/C=C/C(OC(N)=O)[C@@H](C)[C@H](O)CC(=O)[C@@H](O)[C@H](O)[C@H](C)/C(Br)=C/C=C/C=C(C)/C=C/C=C/C(=O)O[C@@H]1C[C@@H](C(=O)O)CC[C@@H]1O. The number of ether oxygens (including phenoxy) is 2. The zero-order valence-corrected chi connectivity index (χ0v) is 28.7. The number of aliphatic hydroxyl groups excluding tert-OH is 4. The lowest BCUT2D eigenvalue weighted by atomic mass is 9.85. The molecule has 0 aromatic carbocycles. The van der Waals surface area contributed by atoms with Crippen molar-refractivity contribution >= 4 is 39.7 Å². The van der Waals surface area contributed by atoms with Gasteiger partial charge in [-0.05, 0) is 32.3 Å². The van der Waals surface area contributed by atoms with Crippen molar-refractivity contribution in [2.45, 2.75) is 96.4 Å². The Morgan fingerprint density at radius 1 is 1.00 bits per heavy atom. The van der Waals surface area contributed by atoms with Crippen LogP contribution >= 0.6 is 15.9 Å².